The molecule has 0 bridgehead atoms. The van der Waals surface area contributed by atoms with Gasteiger partial charge in [0.2, 0.25) is 11.7 Å². The second kappa shape index (κ2) is 12.4. The first-order valence-electron chi connectivity index (χ1n) is 13.7. The maximum atomic E-state index is 14.2. The molecular weight excluding hydrogens is 593 g/mol. The molecule has 1 N–H and O–H groups in total. The summed E-state index contributed by atoms with van der Waals surface area (Å²) < 4.78 is 61.2. The smallest absolute Gasteiger partial charge is 0.452 e. The minimum absolute atomic E-state index is 0.00462. The number of para-hydroxylation sites is 1. The number of methoxy groups -OCH3 is 2. The molecule has 5 rings (SSSR count). The first kappa shape index (κ1) is 30.6. The van der Waals surface area contributed by atoms with Gasteiger partial charge in [0.15, 0.2) is 17.3 Å². The summed E-state index contributed by atoms with van der Waals surface area (Å²) in [7, 11) is 2.92. The van der Waals surface area contributed by atoms with Crippen molar-refractivity contribution < 1.29 is 42.1 Å². The van der Waals surface area contributed by atoms with E-state index < -0.39 is 30.2 Å². The predicted octanol–water partition coefficient (Wildman–Crippen LogP) is 5.61. The van der Waals surface area contributed by atoms with Gasteiger partial charge in [0.25, 0.3) is 0 Å². The van der Waals surface area contributed by atoms with Crippen LogP contribution in [0.3, 0.4) is 0 Å². The van der Waals surface area contributed by atoms with Crippen LogP contribution in [0, 0.1) is 5.92 Å². The average Bonchev–Trinajstić information content (AvgIpc) is 3.37. The van der Waals surface area contributed by atoms with Crippen molar-refractivity contribution in [3.05, 3.63) is 64.2 Å². The first-order chi connectivity index (χ1) is 20.5. The zero-order valence-electron chi connectivity index (χ0n) is 23.4. The minimum Gasteiger partial charge on any atom is -0.493 e. The van der Waals surface area contributed by atoms with E-state index >= 15 is 0 Å². The molecule has 2 aromatic carbocycles. The summed E-state index contributed by atoms with van der Waals surface area (Å²) in [5, 5.41) is 16.7. The van der Waals surface area contributed by atoms with Crippen LogP contribution in [0.2, 0.25) is 5.02 Å². The quantitative estimate of drug-likeness (QED) is 0.345. The van der Waals surface area contributed by atoms with Gasteiger partial charge < -0.3 is 24.2 Å². The number of carboxylic acid groups (broad SMARTS) is 1. The number of nitrogens with zero attached hydrogens (tertiary/aromatic N) is 4. The number of carboxylic acids is 1. The zero-order chi connectivity index (χ0) is 30.9. The Labute approximate surface area is 250 Å². The number of rotatable bonds is 8. The van der Waals surface area contributed by atoms with Crippen molar-refractivity contribution in [3.8, 4) is 17.2 Å². The normalized spacial score (nSPS) is 18.9. The number of benzene rings is 2. The standard InChI is InChI=1S/C29H30ClF3N4O6/c1-41-21-5-3-4-18(26(21)42-2)25-19-15-17(30)6-7-20(19)37-27(34-35-28(37)29(31,32)33)22(43-25)8-9-23(38)36-12-10-16(11-13-36)14-24(39)40/h3-7,15-16,22,25H,8-14H2,1-2H3,(H,39,40)/t22-,25-/m1/s1. The van der Waals surface area contributed by atoms with E-state index in [0.717, 1.165) is 4.57 Å². The van der Waals surface area contributed by atoms with Crippen molar-refractivity contribution in [2.45, 2.75) is 50.5 Å². The summed E-state index contributed by atoms with van der Waals surface area (Å²) >= 11 is 6.35. The topological polar surface area (TPSA) is 116 Å². The average molecular weight is 623 g/mol. The van der Waals surface area contributed by atoms with Crippen molar-refractivity contribution >= 4 is 23.5 Å². The number of ether oxygens (including phenoxy) is 3. The van der Waals surface area contributed by atoms with E-state index in [1.807, 2.05) is 0 Å². The number of aliphatic carboxylic acids is 1. The van der Waals surface area contributed by atoms with Gasteiger partial charge in [0.1, 0.15) is 12.2 Å². The molecular formula is C29H30ClF3N4O6. The van der Waals surface area contributed by atoms with Crippen LogP contribution in [0.4, 0.5) is 13.2 Å². The van der Waals surface area contributed by atoms with Crippen molar-refractivity contribution in [3.63, 3.8) is 0 Å². The highest BCUT2D eigenvalue weighted by molar-refractivity contribution is 6.30. The van der Waals surface area contributed by atoms with Gasteiger partial charge in [-0.15, -0.1) is 10.2 Å². The Kier molecular flexibility index (Phi) is 8.84. The van der Waals surface area contributed by atoms with E-state index in [-0.39, 0.29) is 47.6 Å². The van der Waals surface area contributed by atoms with E-state index in [1.165, 1.54) is 32.4 Å². The van der Waals surface area contributed by atoms with Crippen LogP contribution in [0.5, 0.6) is 11.5 Å². The fourth-order valence-corrected chi connectivity index (χ4v) is 5.95. The molecule has 3 aromatic rings. The molecule has 0 spiro atoms. The van der Waals surface area contributed by atoms with Crippen LogP contribution in [0.15, 0.2) is 36.4 Å². The molecule has 0 unspecified atom stereocenters. The Balaban J connectivity index is 1.53. The third-order valence-electron chi connectivity index (χ3n) is 7.81. The van der Waals surface area contributed by atoms with Gasteiger partial charge in [0.05, 0.1) is 19.9 Å². The van der Waals surface area contributed by atoms with Gasteiger partial charge in [-0.3, -0.25) is 14.2 Å². The molecule has 1 fully saturated rings. The Bertz CT molecular complexity index is 1510. The molecule has 2 aliphatic rings. The third-order valence-corrected chi connectivity index (χ3v) is 8.04. The molecule has 230 valence electrons. The lowest BCUT2D eigenvalue weighted by Crippen LogP contribution is -2.39. The number of hydrogen-bond donors (Lipinski definition) is 1. The number of fused-ring (bicyclic) bond motifs is 3. The van der Waals surface area contributed by atoms with Gasteiger partial charge in [-0.25, -0.2) is 0 Å². The number of piperidine rings is 1. The number of hydrogen-bond acceptors (Lipinski definition) is 7. The zero-order valence-corrected chi connectivity index (χ0v) is 24.2. The molecule has 0 aliphatic carbocycles. The lowest BCUT2D eigenvalue weighted by atomic mass is 9.93. The third kappa shape index (κ3) is 6.28. The molecule has 2 aliphatic heterocycles. The summed E-state index contributed by atoms with van der Waals surface area (Å²) in [6, 6.07) is 9.57. The molecule has 43 heavy (non-hydrogen) atoms. The highest BCUT2D eigenvalue weighted by atomic mass is 35.5. The van der Waals surface area contributed by atoms with E-state index in [4.69, 9.17) is 30.9 Å². The number of likely N-dealkylation sites (tertiary alicyclic amines) is 1. The molecule has 1 amide bonds. The maximum absolute atomic E-state index is 14.2. The van der Waals surface area contributed by atoms with Gasteiger partial charge in [-0.05, 0) is 49.4 Å². The second-order valence-corrected chi connectivity index (χ2v) is 10.9. The largest absolute Gasteiger partial charge is 0.493 e. The van der Waals surface area contributed by atoms with E-state index in [0.29, 0.717) is 48.6 Å². The van der Waals surface area contributed by atoms with E-state index in [1.54, 1.807) is 23.1 Å². The lowest BCUT2D eigenvalue weighted by Gasteiger charge is -2.32. The number of carbonyl (C=O) groups excluding carboxylic acids is 1. The number of aromatic nitrogens is 3. The maximum Gasteiger partial charge on any atom is 0.452 e. The number of halogens is 4. The van der Waals surface area contributed by atoms with E-state index in [9.17, 15) is 22.8 Å². The molecule has 10 nitrogen and oxygen atoms in total. The highest BCUT2D eigenvalue weighted by Crippen LogP contribution is 2.47. The van der Waals surface area contributed by atoms with Gasteiger partial charge in [-0.2, -0.15) is 13.2 Å². The molecule has 1 aromatic heterocycles. The molecule has 3 heterocycles. The number of amides is 1. The summed E-state index contributed by atoms with van der Waals surface area (Å²) in [4.78, 5) is 25.9. The Hall–Kier alpha value is -3.84. The van der Waals surface area contributed by atoms with Crippen LogP contribution in [0.25, 0.3) is 5.69 Å². The minimum atomic E-state index is -4.84. The van der Waals surface area contributed by atoms with Crippen LogP contribution < -0.4 is 9.47 Å². The van der Waals surface area contributed by atoms with E-state index in [2.05, 4.69) is 10.2 Å². The Morgan fingerprint density at radius 1 is 1.09 bits per heavy atom. The highest BCUT2D eigenvalue weighted by Gasteiger charge is 2.43. The molecule has 14 heteroatoms. The lowest BCUT2D eigenvalue weighted by molar-refractivity contribution is -0.146. The summed E-state index contributed by atoms with van der Waals surface area (Å²) in [5.41, 5.74) is 0.926. The molecule has 2 atom stereocenters. The molecule has 0 radical (unpaired) electrons. The van der Waals surface area contributed by atoms with Crippen molar-refractivity contribution in [1.29, 1.82) is 0 Å². The fraction of sp³-hybridized carbons (Fsp3) is 0.448. The van der Waals surface area contributed by atoms with Crippen molar-refractivity contribution in [1.82, 2.24) is 19.7 Å². The van der Waals surface area contributed by atoms with Gasteiger partial charge in [-0.1, -0.05) is 23.7 Å². The van der Waals surface area contributed by atoms with Gasteiger partial charge >= 0.3 is 12.1 Å². The molecule has 1 saturated heterocycles. The first-order valence-corrected chi connectivity index (χ1v) is 14.1. The Morgan fingerprint density at radius 2 is 1.84 bits per heavy atom. The van der Waals surface area contributed by atoms with Crippen molar-refractivity contribution in [2.75, 3.05) is 27.3 Å². The van der Waals surface area contributed by atoms with Crippen LogP contribution in [0.1, 0.15) is 67.1 Å². The van der Waals surface area contributed by atoms with Gasteiger partial charge in [0, 0.05) is 42.1 Å². The second-order valence-electron chi connectivity index (χ2n) is 10.5. The molecule has 0 saturated carbocycles. The summed E-state index contributed by atoms with van der Waals surface area (Å²) in [6.07, 6.45) is -5.75. The summed E-state index contributed by atoms with van der Waals surface area (Å²) in [6.45, 7) is 0.814. The van der Waals surface area contributed by atoms with Crippen molar-refractivity contribution in [2.24, 2.45) is 5.92 Å². The number of alkyl halides is 3. The van der Waals surface area contributed by atoms with Crippen LogP contribution >= 0.6 is 11.6 Å². The van der Waals surface area contributed by atoms with Crippen LogP contribution in [-0.2, 0) is 20.5 Å². The SMILES string of the molecule is COc1cccc([C@H]2O[C@H](CCC(=O)N3CCC(CC(=O)O)CC3)c3nnc(C(F)(F)F)n3-c3ccc(Cl)cc32)c1OC. The number of carbonyl (C=O) groups is 2. The Morgan fingerprint density at radius 3 is 2.49 bits per heavy atom. The fourth-order valence-electron chi connectivity index (χ4n) is 5.77. The predicted molar refractivity (Wildman–Crippen MR) is 147 cm³/mol. The summed E-state index contributed by atoms with van der Waals surface area (Å²) in [5.74, 6) is -1.70. The van der Waals surface area contributed by atoms with Crippen LogP contribution in [-0.4, -0.2) is 64.0 Å². The monoisotopic (exact) mass is 622 g/mol.